The van der Waals surface area contributed by atoms with Gasteiger partial charge in [0.1, 0.15) is 6.04 Å². The third kappa shape index (κ3) is 3.54. The highest BCUT2D eigenvalue weighted by molar-refractivity contribution is 5.86. The molecule has 1 unspecified atom stereocenters. The fourth-order valence-corrected chi connectivity index (χ4v) is 3.25. The van der Waals surface area contributed by atoms with Gasteiger partial charge in [-0.25, -0.2) is 4.79 Å². The monoisotopic (exact) mass is 296 g/mol. The number of carbonyl (C=O) groups is 3. The zero-order chi connectivity index (χ0) is 15.4. The summed E-state index contributed by atoms with van der Waals surface area (Å²) in [6.45, 7) is 3.44. The lowest BCUT2D eigenvalue weighted by atomic mass is 9.92. The second-order valence-corrected chi connectivity index (χ2v) is 5.85. The molecule has 2 heterocycles. The van der Waals surface area contributed by atoms with E-state index >= 15 is 0 Å². The summed E-state index contributed by atoms with van der Waals surface area (Å²) in [6, 6.07) is -0.429. The first-order valence-corrected chi connectivity index (χ1v) is 7.68. The number of likely N-dealkylation sites (tertiary alicyclic amines) is 2. The van der Waals surface area contributed by atoms with Crippen LogP contribution in [0.4, 0.5) is 0 Å². The molecule has 0 N–H and O–H groups in total. The van der Waals surface area contributed by atoms with Crippen molar-refractivity contribution in [1.29, 1.82) is 0 Å². The highest BCUT2D eigenvalue weighted by Gasteiger charge is 2.37. The lowest BCUT2D eigenvalue weighted by molar-refractivity contribution is -0.157. The van der Waals surface area contributed by atoms with E-state index in [2.05, 4.69) is 0 Å². The molecule has 1 atom stereocenters. The van der Waals surface area contributed by atoms with E-state index in [1.54, 1.807) is 16.7 Å². The Bertz CT molecular complexity index is 416. The van der Waals surface area contributed by atoms with Gasteiger partial charge in [0, 0.05) is 32.5 Å². The summed E-state index contributed by atoms with van der Waals surface area (Å²) in [5.74, 6) is -0.283. The summed E-state index contributed by atoms with van der Waals surface area (Å²) >= 11 is 0. The molecule has 2 fully saturated rings. The summed E-state index contributed by atoms with van der Waals surface area (Å²) in [6.07, 6.45) is 3.94. The van der Waals surface area contributed by atoms with E-state index in [4.69, 9.17) is 4.74 Å². The number of hydrogen-bond donors (Lipinski definition) is 0. The van der Waals surface area contributed by atoms with E-state index < -0.39 is 6.04 Å². The Labute approximate surface area is 125 Å². The van der Waals surface area contributed by atoms with Gasteiger partial charge in [0.2, 0.25) is 11.8 Å². The Morgan fingerprint density at radius 3 is 2.24 bits per heavy atom. The zero-order valence-corrected chi connectivity index (χ0v) is 12.8. The summed E-state index contributed by atoms with van der Waals surface area (Å²) in [5.41, 5.74) is 0. The number of carbonyl (C=O) groups excluding carboxylic acids is 3. The summed E-state index contributed by atoms with van der Waals surface area (Å²) in [5, 5.41) is 0. The summed E-state index contributed by atoms with van der Waals surface area (Å²) in [7, 11) is 1.37. The van der Waals surface area contributed by atoms with Crippen LogP contribution in [0.2, 0.25) is 0 Å². The van der Waals surface area contributed by atoms with Crippen molar-refractivity contribution in [3.8, 4) is 0 Å². The molecule has 0 spiro atoms. The average molecular weight is 296 g/mol. The van der Waals surface area contributed by atoms with Crippen molar-refractivity contribution >= 4 is 17.8 Å². The van der Waals surface area contributed by atoms with E-state index in [1.165, 1.54) is 7.11 Å². The molecule has 0 aliphatic carbocycles. The van der Waals surface area contributed by atoms with E-state index in [-0.39, 0.29) is 23.7 Å². The molecule has 6 heteroatoms. The molecule has 21 heavy (non-hydrogen) atoms. The van der Waals surface area contributed by atoms with Crippen LogP contribution in [0.15, 0.2) is 0 Å². The maximum absolute atomic E-state index is 12.7. The number of hydrogen-bond acceptors (Lipinski definition) is 4. The van der Waals surface area contributed by atoms with Gasteiger partial charge >= 0.3 is 5.97 Å². The highest BCUT2D eigenvalue weighted by atomic mass is 16.5. The Kier molecular flexibility index (Phi) is 5.20. The topological polar surface area (TPSA) is 66.9 Å². The van der Waals surface area contributed by atoms with E-state index in [9.17, 15) is 14.4 Å². The molecular weight excluding hydrogens is 272 g/mol. The first-order chi connectivity index (χ1) is 10.0. The second-order valence-electron chi connectivity index (χ2n) is 5.85. The number of piperidine rings is 2. The predicted octanol–water partition coefficient (Wildman–Crippen LogP) is 0.799. The molecule has 2 aliphatic rings. The summed E-state index contributed by atoms with van der Waals surface area (Å²) < 4.78 is 4.82. The molecular formula is C15H24N2O4. The fraction of sp³-hybridized carbons (Fsp3) is 0.800. The summed E-state index contributed by atoms with van der Waals surface area (Å²) in [4.78, 5) is 39.3. The first-order valence-electron chi connectivity index (χ1n) is 7.68. The van der Waals surface area contributed by atoms with E-state index in [0.717, 1.165) is 12.8 Å². The maximum atomic E-state index is 12.7. The Hall–Kier alpha value is -1.59. The van der Waals surface area contributed by atoms with E-state index in [1.807, 2.05) is 0 Å². The number of methoxy groups -OCH3 is 1. The number of rotatable bonds is 2. The van der Waals surface area contributed by atoms with Crippen molar-refractivity contribution in [2.75, 3.05) is 26.7 Å². The highest BCUT2D eigenvalue weighted by Crippen LogP contribution is 2.25. The van der Waals surface area contributed by atoms with Crippen LogP contribution in [0.5, 0.6) is 0 Å². The molecule has 2 aliphatic heterocycles. The maximum Gasteiger partial charge on any atom is 0.328 e. The smallest absolute Gasteiger partial charge is 0.328 e. The van der Waals surface area contributed by atoms with Crippen LogP contribution in [0.1, 0.15) is 39.0 Å². The van der Waals surface area contributed by atoms with Crippen molar-refractivity contribution in [1.82, 2.24) is 9.80 Å². The van der Waals surface area contributed by atoms with Crippen LogP contribution in [0, 0.1) is 5.92 Å². The van der Waals surface area contributed by atoms with Crippen molar-refractivity contribution in [3.63, 3.8) is 0 Å². The minimum absolute atomic E-state index is 0.0494. The molecule has 2 rings (SSSR count). The molecule has 0 aromatic carbocycles. The van der Waals surface area contributed by atoms with Crippen molar-refractivity contribution < 1.29 is 19.1 Å². The van der Waals surface area contributed by atoms with Gasteiger partial charge in [0.15, 0.2) is 0 Å². The van der Waals surface area contributed by atoms with Gasteiger partial charge in [0.05, 0.1) is 7.11 Å². The molecule has 2 saturated heterocycles. The molecule has 6 nitrogen and oxygen atoms in total. The molecule has 0 saturated carbocycles. The van der Waals surface area contributed by atoms with Gasteiger partial charge in [-0.1, -0.05) is 0 Å². The van der Waals surface area contributed by atoms with Crippen LogP contribution in [0.25, 0.3) is 0 Å². The minimum atomic E-state index is -0.429. The van der Waals surface area contributed by atoms with Gasteiger partial charge in [0.25, 0.3) is 0 Å². The second kappa shape index (κ2) is 6.91. The number of ether oxygens (including phenoxy) is 1. The predicted molar refractivity (Wildman–Crippen MR) is 76.3 cm³/mol. The molecule has 0 radical (unpaired) electrons. The number of nitrogens with zero attached hydrogens (tertiary/aromatic N) is 2. The molecule has 118 valence electrons. The van der Waals surface area contributed by atoms with Crippen molar-refractivity contribution in [2.24, 2.45) is 5.92 Å². The quantitative estimate of drug-likeness (QED) is 0.707. The lowest BCUT2D eigenvalue weighted by Crippen LogP contribution is -2.52. The Morgan fingerprint density at radius 2 is 1.67 bits per heavy atom. The normalized spacial score (nSPS) is 23.8. The first kappa shape index (κ1) is 15.8. The van der Waals surface area contributed by atoms with Crippen LogP contribution < -0.4 is 0 Å². The molecule has 2 amide bonds. The minimum Gasteiger partial charge on any atom is -0.467 e. The third-order valence-electron chi connectivity index (χ3n) is 4.55. The number of amides is 2. The van der Waals surface area contributed by atoms with Gasteiger partial charge in [-0.15, -0.1) is 0 Å². The SMILES string of the molecule is COC(=O)C1CCCCN1C(=O)C1CCN(C(C)=O)CC1. The standard InChI is InChI=1S/C15H24N2O4/c1-11(18)16-9-6-12(7-10-16)14(19)17-8-4-3-5-13(17)15(20)21-2/h12-13H,3-10H2,1-2H3. The van der Waals surface area contributed by atoms with Crippen LogP contribution in [-0.4, -0.2) is 60.4 Å². The third-order valence-corrected chi connectivity index (χ3v) is 4.55. The van der Waals surface area contributed by atoms with Crippen LogP contribution >= 0.6 is 0 Å². The number of esters is 1. The van der Waals surface area contributed by atoms with Crippen molar-refractivity contribution in [3.05, 3.63) is 0 Å². The molecule has 0 aromatic rings. The van der Waals surface area contributed by atoms with Crippen LogP contribution in [-0.2, 0) is 19.1 Å². The largest absolute Gasteiger partial charge is 0.467 e. The van der Waals surface area contributed by atoms with Crippen LogP contribution in [0.3, 0.4) is 0 Å². The molecule has 0 aromatic heterocycles. The average Bonchev–Trinajstić information content (AvgIpc) is 2.53. The van der Waals surface area contributed by atoms with E-state index in [0.29, 0.717) is 38.9 Å². The van der Waals surface area contributed by atoms with Gasteiger partial charge in [-0.3, -0.25) is 9.59 Å². The van der Waals surface area contributed by atoms with Crippen molar-refractivity contribution in [2.45, 2.75) is 45.1 Å². The van der Waals surface area contributed by atoms with Gasteiger partial charge in [-0.05, 0) is 32.1 Å². The van der Waals surface area contributed by atoms with Gasteiger partial charge in [-0.2, -0.15) is 0 Å². The zero-order valence-electron chi connectivity index (χ0n) is 12.8. The fourth-order valence-electron chi connectivity index (χ4n) is 3.25. The lowest BCUT2D eigenvalue weighted by Gasteiger charge is -2.38. The van der Waals surface area contributed by atoms with Gasteiger partial charge < -0.3 is 14.5 Å². The Morgan fingerprint density at radius 1 is 1.00 bits per heavy atom. The molecule has 0 bridgehead atoms. The Balaban J connectivity index is 1.98.